The maximum absolute atomic E-state index is 5.43. The normalized spacial score (nSPS) is 10.4. The first-order valence-electron chi connectivity index (χ1n) is 4.07. The molecule has 0 bridgehead atoms. The lowest BCUT2D eigenvalue weighted by atomic mass is 10.5. The number of aromatic nitrogens is 2. The summed E-state index contributed by atoms with van der Waals surface area (Å²) in [6.07, 6.45) is 1.66. The first-order chi connectivity index (χ1) is 6.75. The van der Waals surface area contributed by atoms with Gasteiger partial charge in [-0.3, -0.25) is 0 Å². The highest BCUT2D eigenvalue weighted by atomic mass is 32.2. The Morgan fingerprint density at radius 1 is 1.29 bits per heavy atom. The average Bonchev–Trinajstić information content (AvgIpc) is 2.56. The topological polar surface area (TPSA) is 64.9 Å². The number of aryl methyl sites for hydroxylation is 1. The number of nitrogen functional groups attached to an aromatic ring is 1. The molecule has 0 radical (unpaired) electrons. The minimum absolute atomic E-state index is 0.429. The quantitative estimate of drug-likeness (QED) is 0.817. The van der Waals surface area contributed by atoms with Gasteiger partial charge in [-0.15, -0.1) is 10.2 Å². The van der Waals surface area contributed by atoms with Crippen molar-refractivity contribution in [2.75, 3.05) is 5.73 Å². The van der Waals surface area contributed by atoms with E-state index >= 15 is 0 Å². The second-order valence-corrected chi connectivity index (χ2v) is 3.80. The molecular formula is C9H9N3OS. The second kappa shape index (κ2) is 3.71. The molecule has 0 spiro atoms. The summed E-state index contributed by atoms with van der Waals surface area (Å²) in [4.78, 5) is 1.05. The monoisotopic (exact) mass is 207 g/mol. The second-order valence-electron chi connectivity index (χ2n) is 2.74. The number of anilines is 1. The molecular weight excluding hydrogens is 198 g/mol. The van der Waals surface area contributed by atoms with Crippen LogP contribution in [-0.4, -0.2) is 10.2 Å². The summed E-state index contributed by atoms with van der Waals surface area (Å²) >= 11 is 1.51. The molecule has 14 heavy (non-hydrogen) atoms. The number of hydrogen-bond donors (Lipinski definition) is 1. The van der Waals surface area contributed by atoms with E-state index < -0.39 is 0 Å². The first kappa shape index (κ1) is 9.08. The van der Waals surface area contributed by atoms with Gasteiger partial charge in [0.2, 0.25) is 0 Å². The van der Waals surface area contributed by atoms with Crippen LogP contribution < -0.4 is 5.73 Å². The molecule has 2 N–H and O–H groups in total. The van der Waals surface area contributed by atoms with E-state index in [9.17, 15) is 0 Å². The van der Waals surface area contributed by atoms with Gasteiger partial charge < -0.3 is 10.2 Å². The molecule has 2 aromatic rings. The molecule has 0 aliphatic rings. The lowest BCUT2D eigenvalue weighted by molar-refractivity contribution is 0.527. The smallest absolute Gasteiger partial charge is 0.146 e. The molecule has 0 aliphatic carbocycles. The lowest BCUT2D eigenvalue weighted by Gasteiger charge is -1.97. The Balaban J connectivity index is 2.19. The highest BCUT2D eigenvalue weighted by molar-refractivity contribution is 7.99. The minimum Gasteiger partial charge on any atom is -0.468 e. The summed E-state index contributed by atoms with van der Waals surface area (Å²) in [6.45, 7) is 1.91. The molecule has 72 valence electrons. The van der Waals surface area contributed by atoms with Gasteiger partial charge in [0.1, 0.15) is 16.6 Å². The highest BCUT2D eigenvalue weighted by Gasteiger charge is 2.04. The molecule has 4 nitrogen and oxygen atoms in total. The zero-order valence-electron chi connectivity index (χ0n) is 7.60. The van der Waals surface area contributed by atoms with Gasteiger partial charge in [-0.2, -0.15) is 0 Å². The van der Waals surface area contributed by atoms with Gasteiger partial charge in [0.05, 0.1) is 11.2 Å². The molecule has 2 aromatic heterocycles. The van der Waals surface area contributed by atoms with Gasteiger partial charge in [0.25, 0.3) is 0 Å². The van der Waals surface area contributed by atoms with Crippen molar-refractivity contribution in [1.82, 2.24) is 10.2 Å². The van der Waals surface area contributed by atoms with E-state index in [-0.39, 0.29) is 0 Å². The van der Waals surface area contributed by atoms with Crippen molar-refractivity contribution in [3.8, 4) is 0 Å². The Hall–Kier alpha value is -1.49. The van der Waals surface area contributed by atoms with Crippen molar-refractivity contribution in [1.29, 1.82) is 0 Å². The fourth-order valence-corrected chi connectivity index (χ4v) is 1.74. The molecule has 0 saturated heterocycles. The lowest BCUT2D eigenvalue weighted by Crippen LogP contribution is -1.92. The zero-order valence-corrected chi connectivity index (χ0v) is 8.41. The van der Waals surface area contributed by atoms with Crippen LogP contribution in [-0.2, 0) is 0 Å². The number of nitrogens with zero attached hydrogens (tertiary/aromatic N) is 2. The fourth-order valence-electron chi connectivity index (χ4n) is 0.977. The van der Waals surface area contributed by atoms with Crippen LogP contribution in [0.3, 0.4) is 0 Å². The summed E-state index contributed by atoms with van der Waals surface area (Å²) in [7, 11) is 0. The Bertz CT molecular complexity index is 424. The van der Waals surface area contributed by atoms with Crippen molar-refractivity contribution < 1.29 is 4.42 Å². The van der Waals surface area contributed by atoms with Crippen LogP contribution in [0.15, 0.2) is 38.8 Å². The third-order valence-electron chi connectivity index (χ3n) is 1.69. The molecule has 2 heterocycles. The fraction of sp³-hybridized carbons (Fsp3) is 0.111. The van der Waals surface area contributed by atoms with Gasteiger partial charge in [-0.1, -0.05) is 11.8 Å². The third-order valence-corrected chi connectivity index (χ3v) is 2.76. The van der Waals surface area contributed by atoms with E-state index in [0.29, 0.717) is 5.82 Å². The van der Waals surface area contributed by atoms with Crippen molar-refractivity contribution in [2.45, 2.75) is 16.8 Å². The van der Waals surface area contributed by atoms with E-state index in [2.05, 4.69) is 10.2 Å². The van der Waals surface area contributed by atoms with Gasteiger partial charge in [0.15, 0.2) is 0 Å². The standard InChI is InChI=1S/C9H9N3OS/c1-6-7(4-5-13-6)14-9-3-2-8(10)11-12-9/h2-5H,1H3,(H2,10,11). The largest absolute Gasteiger partial charge is 0.468 e. The van der Waals surface area contributed by atoms with Crippen LogP contribution in [0.5, 0.6) is 0 Å². The van der Waals surface area contributed by atoms with Crippen molar-refractivity contribution >= 4 is 17.6 Å². The third kappa shape index (κ3) is 1.88. The highest BCUT2D eigenvalue weighted by Crippen LogP contribution is 2.28. The van der Waals surface area contributed by atoms with E-state index in [4.69, 9.17) is 10.2 Å². The molecule has 0 atom stereocenters. The summed E-state index contributed by atoms with van der Waals surface area (Å²) in [6, 6.07) is 5.46. The minimum atomic E-state index is 0.429. The maximum Gasteiger partial charge on any atom is 0.146 e. The predicted molar refractivity (Wildman–Crippen MR) is 54.0 cm³/mol. The SMILES string of the molecule is Cc1occc1Sc1ccc(N)nn1. The van der Waals surface area contributed by atoms with Gasteiger partial charge in [-0.05, 0) is 25.1 Å². The molecule has 0 aromatic carbocycles. The van der Waals surface area contributed by atoms with Crippen LogP contribution in [0.1, 0.15) is 5.76 Å². The van der Waals surface area contributed by atoms with Crippen LogP contribution >= 0.6 is 11.8 Å². The summed E-state index contributed by atoms with van der Waals surface area (Å²) in [5.41, 5.74) is 5.43. The Morgan fingerprint density at radius 3 is 2.71 bits per heavy atom. The first-order valence-corrected chi connectivity index (χ1v) is 4.88. The summed E-state index contributed by atoms with van der Waals surface area (Å²) in [5, 5.41) is 8.52. The molecule has 0 aliphatic heterocycles. The van der Waals surface area contributed by atoms with Gasteiger partial charge in [-0.25, -0.2) is 0 Å². The van der Waals surface area contributed by atoms with Crippen molar-refractivity contribution in [3.05, 3.63) is 30.2 Å². The molecule has 0 saturated carbocycles. The predicted octanol–water partition coefficient (Wildman–Crippen LogP) is 2.11. The molecule has 0 amide bonds. The van der Waals surface area contributed by atoms with Crippen LogP contribution in [0.2, 0.25) is 0 Å². The van der Waals surface area contributed by atoms with Gasteiger partial charge >= 0.3 is 0 Å². The van der Waals surface area contributed by atoms with E-state index in [1.54, 1.807) is 12.3 Å². The maximum atomic E-state index is 5.43. The van der Waals surface area contributed by atoms with Crippen LogP contribution in [0.4, 0.5) is 5.82 Å². The molecule has 0 unspecified atom stereocenters. The van der Waals surface area contributed by atoms with E-state index in [0.717, 1.165) is 15.7 Å². The average molecular weight is 207 g/mol. The molecule has 5 heteroatoms. The van der Waals surface area contributed by atoms with Gasteiger partial charge in [0, 0.05) is 0 Å². The number of nitrogens with two attached hydrogens (primary N) is 1. The molecule has 2 rings (SSSR count). The number of furan rings is 1. The molecule has 0 fully saturated rings. The summed E-state index contributed by atoms with van der Waals surface area (Å²) < 4.78 is 5.17. The van der Waals surface area contributed by atoms with Crippen molar-refractivity contribution in [2.24, 2.45) is 0 Å². The number of rotatable bonds is 2. The number of hydrogen-bond acceptors (Lipinski definition) is 5. The van der Waals surface area contributed by atoms with Crippen LogP contribution in [0.25, 0.3) is 0 Å². The Morgan fingerprint density at radius 2 is 2.14 bits per heavy atom. The van der Waals surface area contributed by atoms with Crippen LogP contribution in [0, 0.1) is 6.92 Å². The Labute approximate surface area is 85.5 Å². The Kier molecular flexibility index (Phi) is 2.41. The zero-order chi connectivity index (χ0) is 9.97. The van der Waals surface area contributed by atoms with E-state index in [1.165, 1.54) is 11.8 Å². The van der Waals surface area contributed by atoms with E-state index in [1.807, 2.05) is 19.1 Å². The summed E-state index contributed by atoms with van der Waals surface area (Å²) in [5.74, 6) is 1.31. The van der Waals surface area contributed by atoms with Crippen molar-refractivity contribution in [3.63, 3.8) is 0 Å².